The number of imide groups is 1. The summed E-state index contributed by atoms with van der Waals surface area (Å²) in [6.45, 7) is 0.0850. The summed E-state index contributed by atoms with van der Waals surface area (Å²) >= 11 is 0. The first kappa shape index (κ1) is 20.0. The van der Waals surface area contributed by atoms with Gasteiger partial charge in [0.1, 0.15) is 5.54 Å². The van der Waals surface area contributed by atoms with Gasteiger partial charge in [0, 0.05) is 18.4 Å². The predicted molar refractivity (Wildman–Crippen MR) is 107 cm³/mol. The van der Waals surface area contributed by atoms with Crippen molar-refractivity contribution in [3.05, 3.63) is 0 Å². The summed E-state index contributed by atoms with van der Waals surface area (Å²) in [5.41, 5.74) is -0.952. The lowest BCUT2D eigenvalue weighted by molar-refractivity contribution is -0.157. The summed E-state index contributed by atoms with van der Waals surface area (Å²) in [5.74, 6) is 1.58. The largest absolute Gasteiger partial charge is 0.458 e. The number of amides is 3. The topological polar surface area (TPSA) is 92.8 Å². The number of urea groups is 1. The number of nitrogens with zero attached hydrogens (tertiary/aromatic N) is 1. The first-order valence-corrected chi connectivity index (χ1v) is 11.7. The van der Waals surface area contributed by atoms with E-state index in [0.717, 1.165) is 32.1 Å². The van der Waals surface area contributed by atoms with Crippen LogP contribution in [0, 0.1) is 23.2 Å². The van der Waals surface area contributed by atoms with Crippen molar-refractivity contribution in [2.24, 2.45) is 23.2 Å². The summed E-state index contributed by atoms with van der Waals surface area (Å²) in [6.07, 6.45) is 10.5. The third kappa shape index (κ3) is 3.34. The summed E-state index contributed by atoms with van der Waals surface area (Å²) in [6, 6.07) is -0.354. The Labute approximate surface area is 177 Å². The molecule has 5 saturated carbocycles. The molecule has 6 fully saturated rings. The molecular weight excluding hydrogens is 384 g/mol. The van der Waals surface area contributed by atoms with Gasteiger partial charge in [0.2, 0.25) is 0 Å². The fraction of sp³-hybridized carbons (Fsp3) is 0.826. The second-order valence-electron chi connectivity index (χ2n) is 10.6. The Hall–Kier alpha value is -1.92. The van der Waals surface area contributed by atoms with Gasteiger partial charge in [0.15, 0.2) is 12.4 Å². The van der Waals surface area contributed by atoms with E-state index in [-0.39, 0.29) is 42.7 Å². The molecule has 1 saturated heterocycles. The van der Waals surface area contributed by atoms with E-state index in [0.29, 0.717) is 37.0 Å². The molecule has 1 aliphatic heterocycles. The molecular formula is C23H32N2O5. The van der Waals surface area contributed by atoms with Gasteiger partial charge in [0.05, 0.1) is 0 Å². The standard InChI is InChI=1S/C23H32N2O5/c26-18(22-11-15-8-16(12-22)10-17(9-15)13-22)14-30-19(27)4-3-7-25-20(28)23(24-21(25)29)5-1-2-6-23/h15-17H,1-14H2,(H,24,29). The van der Waals surface area contributed by atoms with E-state index < -0.39 is 11.5 Å². The van der Waals surface area contributed by atoms with Gasteiger partial charge < -0.3 is 10.1 Å². The van der Waals surface area contributed by atoms with Crippen LogP contribution in [-0.4, -0.2) is 47.3 Å². The third-order valence-electron chi connectivity index (χ3n) is 8.46. The highest BCUT2D eigenvalue weighted by molar-refractivity contribution is 6.07. The van der Waals surface area contributed by atoms with Crippen LogP contribution >= 0.6 is 0 Å². The average molecular weight is 417 g/mol. The van der Waals surface area contributed by atoms with E-state index in [4.69, 9.17) is 4.74 Å². The predicted octanol–water partition coefficient (Wildman–Crippen LogP) is 2.96. The van der Waals surface area contributed by atoms with E-state index >= 15 is 0 Å². The quantitative estimate of drug-likeness (QED) is 0.509. The molecule has 1 N–H and O–H groups in total. The lowest BCUT2D eigenvalue weighted by atomic mass is 9.48. The number of carbonyl (C=O) groups excluding carboxylic acids is 4. The van der Waals surface area contributed by atoms with Crippen LogP contribution in [-0.2, 0) is 19.1 Å². The number of rotatable bonds is 7. The molecule has 6 rings (SSSR count). The molecule has 30 heavy (non-hydrogen) atoms. The fourth-order valence-corrected chi connectivity index (χ4v) is 7.40. The minimum absolute atomic E-state index is 0.104. The normalized spacial score (nSPS) is 35.9. The van der Waals surface area contributed by atoms with Crippen LogP contribution in [0.2, 0.25) is 0 Å². The summed E-state index contributed by atoms with van der Waals surface area (Å²) in [4.78, 5) is 51.1. The molecule has 164 valence electrons. The Morgan fingerprint density at radius 3 is 2.20 bits per heavy atom. The monoisotopic (exact) mass is 416 g/mol. The number of carbonyl (C=O) groups is 4. The maximum absolute atomic E-state index is 12.9. The highest BCUT2D eigenvalue weighted by Crippen LogP contribution is 2.60. The minimum Gasteiger partial charge on any atom is -0.458 e. The number of nitrogens with one attached hydrogen (secondary N) is 1. The molecule has 0 aromatic carbocycles. The Morgan fingerprint density at radius 1 is 1.00 bits per heavy atom. The van der Waals surface area contributed by atoms with Crippen molar-refractivity contribution in [2.75, 3.05) is 13.2 Å². The van der Waals surface area contributed by atoms with Crippen molar-refractivity contribution in [1.29, 1.82) is 0 Å². The van der Waals surface area contributed by atoms with Gasteiger partial charge in [-0.3, -0.25) is 19.3 Å². The molecule has 7 heteroatoms. The van der Waals surface area contributed by atoms with E-state index in [1.165, 1.54) is 24.2 Å². The van der Waals surface area contributed by atoms with Crippen LogP contribution in [0.1, 0.15) is 77.0 Å². The van der Waals surface area contributed by atoms with Gasteiger partial charge in [-0.1, -0.05) is 12.8 Å². The molecule has 0 atom stereocenters. The van der Waals surface area contributed by atoms with Gasteiger partial charge in [-0.2, -0.15) is 0 Å². The van der Waals surface area contributed by atoms with Crippen molar-refractivity contribution in [1.82, 2.24) is 10.2 Å². The molecule has 4 bridgehead atoms. The molecule has 0 unspecified atom stereocenters. The second kappa shape index (κ2) is 7.34. The van der Waals surface area contributed by atoms with Crippen molar-refractivity contribution in [3.8, 4) is 0 Å². The smallest absolute Gasteiger partial charge is 0.325 e. The van der Waals surface area contributed by atoms with Gasteiger partial charge in [-0.25, -0.2) is 4.79 Å². The highest BCUT2D eigenvalue weighted by atomic mass is 16.5. The molecule has 0 aromatic heterocycles. The SMILES string of the molecule is O=C(CCCN1C(=O)NC2(CCCC2)C1=O)OCC(=O)C12CC3CC(CC(C3)C1)C2. The first-order chi connectivity index (χ1) is 14.4. The van der Waals surface area contributed by atoms with Gasteiger partial charge in [-0.15, -0.1) is 0 Å². The Balaban J connectivity index is 1.07. The van der Waals surface area contributed by atoms with E-state index in [9.17, 15) is 19.2 Å². The number of hydrogen-bond acceptors (Lipinski definition) is 5. The van der Waals surface area contributed by atoms with Gasteiger partial charge in [0.25, 0.3) is 5.91 Å². The number of Topliss-reactive ketones (excluding diaryl/α,β-unsaturated/α-hetero) is 1. The highest BCUT2D eigenvalue weighted by Gasteiger charge is 2.54. The van der Waals surface area contributed by atoms with E-state index in [1.54, 1.807) is 0 Å². The van der Waals surface area contributed by atoms with Crippen LogP contribution in [0.4, 0.5) is 4.79 Å². The number of ketones is 1. The van der Waals surface area contributed by atoms with Crippen molar-refractivity contribution >= 4 is 23.7 Å². The average Bonchev–Trinajstić information content (AvgIpc) is 3.25. The Bertz CT molecular complexity index is 734. The summed E-state index contributed by atoms with van der Waals surface area (Å²) < 4.78 is 5.31. The van der Waals surface area contributed by atoms with Gasteiger partial charge in [-0.05, 0) is 75.5 Å². The molecule has 1 spiro atoms. The zero-order valence-electron chi connectivity index (χ0n) is 17.6. The van der Waals surface area contributed by atoms with Crippen LogP contribution in [0.25, 0.3) is 0 Å². The number of ether oxygens (including phenoxy) is 1. The van der Waals surface area contributed by atoms with E-state index in [1.807, 2.05) is 0 Å². The molecule has 7 nitrogen and oxygen atoms in total. The lowest BCUT2D eigenvalue weighted by Gasteiger charge is -2.55. The number of hydrogen-bond donors (Lipinski definition) is 1. The Morgan fingerprint density at radius 2 is 1.60 bits per heavy atom. The number of esters is 1. The Kier molecular flexibility index (Phi) is 4.90. The molecule has 0 radical (unpaired) electrons. The maximum atomic E-state index is 12.9. The van der Waals surface area contributed by atoms with Crippen LogP contribution in [0.5, 0.6) is 0 Å². The third-order valence-corrected chi connectivity index (χ3v) is 8.46. The van der Waals surface area contributed by atoms with Crippen molar-refractivity contribution in [3.63, 3.8) is 0 Å². The van der Waals surface area contributed by atoms with Crippen LogP contribution in [0.3, 0.4) is 0 Å². The van der Waals surface area contributed by atoms with Crippen molar-refractivity contribution < 1.29 is 23.9 Å². The first-order valence-electron chi connectivity index (χ1n) is 11.7. The van der Waals surface area contributed by atoms with Gasteiger partial charge >= 0.3 is 12.0 Å². The lowest BCUT2D eigenvalue weighted by Crippen LogP contribution is -2.51. The fourth-order valence-electron chi connectivity index (χ4n) is 7.40. The van der Waals surface area contributed by atoms with Crippen LogP contribution < -0.4 is 5.32 Å². The zero-order valence-corrected chi connectivity index (χ0v) is 17.6. The molecule has 3 amide bonds. The molecule has 6 aliphatic rings. The zero-order chi connectivity index (χ0) is 20.9. The molecule has 5 aliphatic carbocycles. The van der Waals surface area contributed by atoms with Crippen LogP contribution in [0.15, 0.2) is 0 Å². The van der Waals surface area contributed by atoms with E-state index in [2.05, 4.69) is 5.32 Å². The maximum Gasteiger partial charge on any atom is 0.325 e. The minimum atomic E-state index is -0.706. The summed E-state index contributed by atoms with van der Waals surface area (Å²) in [7, 11) is 0. The molecule has 1 heterocycles. The summed E-state index contributed by atoms with van der Waals surface area (Å²) in [5, 5.41) is 2.85. The van der Waals surface area contributed by atoms with Crippen molar-refractivity contribution in [2.45, 2.75) is 82.6 Å². The molecule has 0 aromatic rings. The second-order valence-corrected chi connectivity index (χ2v) is 10.6.